The van der Waals surface area contributed by atoms with E-state index in [2.05, 4.69) is 4.72 Å². The average molecular weight is 373 g/mol. The fourth-order valence-corrected chi connectivity index (χ4v) is 3.87. The molecule has 0 fully saturated rings. The minimum absolute atomic E-state index is 0.108. The van der Waals surface area contributed by atoms with Crippen LogP contribution in [0.25, 0.3) is 11.0 Å². The Hall–Kier alpha value is -2.64. The predicted octanol–water partition coefficient (Wildman–Crippen LogP) is 3.23. The van der Waals surface area contributed by atoms with Crippen molar-refractivity contribution in [3.63, 3.8) is 0 Å². The molecule has 2 aromatic carbocycles. The van der Waals surface area contributed by atoms with Gasteiger partial charge >= 0.3 is 5.63 Å². The summed E-state index contributed by atoms with van der Waals surface area (Å²) in [6, 6.07) is 14.0. The summed E-state index contributed by atoms with van der Waals surface area (Å²) in [5, 5.41) is 0.543. The Balaban J connectivity index is 1.83. The van der Waals surface area contributed by atoms with Crippen molar-refractivity contribution in [2.24, 2.45) is 0 Å². The van der Waals surface area contributed by atoms with Gasteiger partial charge in [0.15, 0.2) is 0 Å². The van der Waals surface area contributed by atoms with Crippen molar-refractivity contribution in [2.45, 2.75) is 24.8 Å². The quantitative estimate of drug-likeness (QED) is 0.671. The highest BCUT2D eigenvalue weighted by Gasteiger charge is 2.19. The third kappa shape index (κ3) is 3.95. The van der Waals surface area contributed by atoms with Gasteiger partial charge in [0, 0.05) is 17.5 Å². The molecule has 0 aliphatic rings. The molecule has 3 rings (SSSR count). The predicted molar refractivity (Wildman–Crippen MR) is 98.8 cm³/mol. The Morgan fingerprint density at radius 2 is 1.81 bits per heavy atom. The van der Waals surface area contributed by atoms with E-state index in [1.165, 1.54) is 30.3 Å². The molecule has 1 atom stereocenters. The summed E-state index contributed by atoms with van der Waals surface area (Å²) in [4.78, 5) is 11.3. The number of benzene rings is 2. The highest BCUT2D eigenvalue weighted by atomic mass is 32.2. The summed E-state index contributed by atoms with van der Waals surface area (Å²) in [5.74, 6) is 0.738. The average Bonchev–Trinajstić information content (AvgIpc) is 2.61. The van der Waals surface area contributed by atoms with Gasteiger partial charge < -0.3 is 9.15 Å². The SMILES string of the molecule is CCOc1ccc(C(C)NS(=O)(=O)c2ccc3oc(=O)ccc3c2)cc1. The molecule has 0 amide bonds. The molecule has 1 N–H and O–H groups in total. The van der Waals surface area contributed by atoms with Gasteiger partial charge in [-0.3, -0.25) is 0 Å². The van der Waals surface area contributed by atoms with Gasteiger partial charge in [-0.1, -0.05) is 12.1 Å². The van der Waals surface area contributed by atoms with Crippen molar-refractivity contribution < 1.29 is 17.6 Å². The lowest BCUT2D eigenvalue weighted by molar-refractivity contribution is 0.340. The third-order valence-corrected chi connectivity index (χ3v) is 5.46. The van der Waals surface area contributed by atoms with Gasteiger partial charge in [-0.2, -0.15) is 0 Å². The van der Waals surface area contributed by atoms with Crippen molar-refractivity contribution in [3.05, 3.63) is 70.6 Å². The van der Waals surface area contributed by atoms with E-state index in [-0.39, 0.29) is 4.90 Å². The zero-order chi connectivity index (χ0) is 18.7. The summed E-state index contributed by atoms with van der Waals surface area (Å²) in [5.41, 5.74) is 0.690. The lowest BCUT2D eigenvalue weighted by Crippen LogP contribution is -2.26. The Morgan fingerprint density at radius 3 is 2.50 bits per heavy atom. The number of sulfonamides is 1. The molecular formula is C19H19NO5S. The fourth-order valence-electron chi connectivity index (χ4n) is 2.61. The monoisotopic (exact) mass is 373 g/mol. The molecule has 6 nitrogen and oxygen atoms in total. The van der Waals surface area contributed by atoms with Crippen molar-refractivity contribution in [3.8, 4) is 5.75 Å². The van der Waals surface area contributed by atoms with Crippen LogP contribution in [-0.4, -0.2) is 15.0 Å². The van der Waals surface area contributed by atoms with Gasteiger partial charge in [-0.15, -0.1) is 0 Å². The van der Waals surface area contributed by atoms with Crippen LogP contribution in [0.3, 0.4) is 0 Å². The molecule has 136 valence electrons. The lowest BCUT2D eigenvalue weighted by Gasteiger charge is -2.15. The zero-order valence-corrected chi connectivity index (χ0v) is 15.2. The molecule has 26 heavy (non-hydrogen) atoms. The molecule has 0 aliphatic heterocycles. The maximum Gasteiger partial charge on any atom is 0.336 e. The van der Waals surface area contributed by atoms with Crippen LogP contribution in [0.2, 0.25) is 0 Å². The van der Waals surface area contributed by atoms with Crippen LogP contribution in [0.5, 0.6) is 5.75 Å². The van der Waals surface area contributed by atoms with Gasteiger partial charge in [0.2, 0.25) is 10.0 Å². The lowest BCUT2D eigenvalue weighted by atomic mass is 10.1. The van der Waals surface area contributed by atoms with Crippen LogP contribution in [-0.2, 0) is 10.0 Å². The standard InChI is InChI=1S/C19H19NO5S/c1-3-24-16-7-4-14(5-8-16)13(2)20-26(22,23)17-9-10-18-15(12-17)6-11-19(21)25-18/h4-13,20H,3H2,1-2H3. The second-order valence-corrected chi connectivity index (χ2v) is 7.51. The van der Waals surface area contributed by atoms with E-state index in [0.29, 0.717) is 17.6 Å². The van der Waals surface area contributed by atoms with E-state index in [1.807, 2.05) is 31.2 Å². The molecule has 7 heteroatoms. The number of nitrogens with one attached hydrogen (secondary N) is 1. The van der Waals surface area contributed by atoms with Crippen LogP contribution in [0, 0.1) is 0 Å². The topological polar surface area (TPSA) is 85.6 Å². The van der Waals surface area contributed by atoms with E-state index in [4.69, 9.17) is 9.15 Å². The molecule has 1 unspecified atom stereocenters. The Morgan fingerprint density at radius 1 is 1.08 bits per heavy atom. The molecular weight excluding hydrogens is 354 g/mol. The van der Waals surface area contributed by atoms with E-state index >= 15 is 0 Å². The van der Waals surface area contributed by atoms with Crippen LogP contribution >= 0.6 is 0 Å². The van der Waals surface area contributed by atoms with E-state index in [9.17, 15) is 13.2 Å². The minimum Gasteiger partial charge on any atom is -0.494 e. The first-order valence-electron chi connectivity index (χ1n) is 8.18. The number of ether oxygens (including phenoxy) is 1. The second-order valence-electron chi connectivity index (χ2n) is 5.80. The first kappa shape index (κ1) is 18.2. The minimum atomic E-state index is -3.73. The first-order valence-corrected chi connectivity index (χ1v) is 9.66. The Bertz CT molecular complexity index is 1070. The number of rotatable bonds is 6. The molecule has 0 saturated heterocycles. The zero-order valence-electron chi connectivity index (χ0n) is 14.4. The molecule has 0 saturated carbocycles. The normalized spacial score (nSPS) is 12.8. The Labute approximate surface area is 151 Å². The summed E-state index contributed by atoms with van der Waals surface area (Å²) in [7, 11) is -3.73. The van der Waals surface area contributed by atoms with Gasteiger partial charge in [-0.25, -0.2) is 17.9 Å². The molecule has 0 radical (unpaired) electrons. The summed E-state index contributed by atoms with van der Waals surface area (Å²) >= 11 is 0. The van der Waals surface area contributed by atoms with Crippen LogP contribution < -0.4 is 15.1 Å². The Kier molecular flexibility index (Phi) is 5.11. The van der Waals surface area contributed by atoms with Gasteiger partial charge in [0.1, 0.15) is 11.3 Å². The fraction of sp³-hybridized carbons (Fsp3) is 0.211. The molecule has 0 spiro atoms. The molecule has 0 aliphatic carbocycles. The first-order chi connectivity index (χ1) is 12.4. The van der Waals surface area contributed by atoms with Crippen LogP contribution in [0.15, 0.2) is 68.7 Å². The largest absolute Gasteiger partial charge is 0.494 e. The molecule has 1 aromatic heterocycles. The maximum absolute atomic E-state index is 12.7. The van der Waals surface area contributed by atoms with Crippen LogP contribution in [0.1, 0.15) is 25.5 Å². The van der Waals surface area contributed by atoms with Crippen LogP contribution in [0.4, 0.5) is 0 Å². The number of hydrogen-bond donors (Lipinski definition) is 1. The number of fused-ring (bicyclic) bond motifs is 1. The smallest absolute Gasteiger partial charge is 0.336 e. The number of hydrogen-bond acceptors (Lipinski definition) is 5. The van der Waals surface area contributed by atoms with E-state index < -0.39 is 21.7 Å². The van der Waals surface area contributed by atoms with Crippen molar-refractivity contribution in [2.75, 3.05) is 6.61 Å². The summed E-state index contributed by atoms with van der Waals surface area (Å²) in [6.45, 7) is 4.25. The van der Waals surface area contributed by atoms with Crippen molar-refractivity contribution in [1.29, 1.82) is 0 Å². The third-order valence-electron chi connectivity index (χ3n) is 3.92. The van der Waals surface area contributed by atoms with E-state index in [0.717, 1.165) is 11.3 Å². The van der Waals surface area contributed by atoms with E-state index in [1.54, 1.807) is 6.92 Å². The second kappa shape index (κ2) is 7.31. The molecule has 0 bridgehead atoms. The summed E-state index contributed by atoms with van der Waals surface area (Å²) in [6.07, 6.45) is 0. The molecule has 3 aromatic rings. The highest BCUT2D eigenvalue weighted by molar-refractivity contribution is 7.89. The van der Waals surface area contributed by atoms with Crippen molar-refractivity contribution in [1.82, 2.24) is 4.72 Å². The van der Waals surface area contributed by atoms with Gasteiger partial charge in [0.25, 0.3) is 0 Å². The molecule has 1 heterocycles. The van der Waals surface area contributed by atoms with Gasteiger partial charge in [0.05, 0.1) is 11.5 Å². The highest BCUT2D eigenvalue weighted by Crippen LogP contribution is 2.22. The van der Waals surface area contributed by atoms with Crippen molar-refractivity contribution >= 4 is 21.0 Å². The van der Waals surface area contributed by atoms with Gasteiger partial charge in [-0.05, 0) is 55.8 Å². The summed E-state index contributed by atoms with van der Waals surface area (Å²) < 4.78 is 38.4. The maximum atomic E-state index is 12.7.